The third kappa shape index (κ3) is 3.31. The number of ether oxygens (including phenoxy) is 1. The topological polar surface area (TPSA) is 65.4 Å². The van der Waals surface area contributed by atoms with Crippen LogP contribution in [-0.2, 0) is 9.53 Å². The van der Waals surface area contributed by atoms with Gasteiger partial charge in [-0.25, -0.2) is 4.79 Å². The SMILES string of the molecule is CCOC(=O)C1CNCCN1c1cccc(SC)c1C#N. The molecule has 0 saturated carbocycles. The maximum absolute atomic E-state index is 12.1. The van der Waals surface area contributed by atoms with Crippen molar-refractivity contribution >= 4 is 23.4 Å². The van der Waals surface area contributed by atoms with Crippen LogP contribution in [0.5, 0.6) is 0 Å². The highest BCUT2D eigenvalue weighted by atomic mass is 32.2. The Bertz CT molecular complexity index is 556. The van der Waals surface area contributed by atoms with E-state index in [0.717, 1.165) is 17.1 Å². The highest BCUT2D eigenvalue weighted by molar-refractivity contribution is 7.98. The van der Waals surface area contributed by atoms with Crippen molar-refractivity contribution < 1.29 is 9.53 Å². The number of benzene rings is 1. The van der Waals surface area contributed by atoms with Gasteiger partial charge in [0.2, 0.25) is 0 Å². The summed E-state index contributed by atoms with van der Waals surface area (Å²) in [5, 5.41) is 12.7. The van der Waals surface area contributed by atoms with E-state index in [-0.39, 0.29) is 12.0 Å². The van der Waals surface area contributed by atoms with Gasteiger partial charge in [-0.1, -0.05) is 6.07 Å². The van der Waals surface area contributed by atoms with E-state index in [0.29, 0.717) is 25.3 Å². The predicted molar refractivity (Wildman–Crippen MR) is 83.6 cm³/mol. The lowest BCUT2D eigenvalue weighted by Crippen LogP contribution is -2.55. The van der Waals surface area contributed by atoms with Gasteiger partial charge < -0.3 is 15.0 Å². The van der Waals surface area contributed by atoms with Gasteiger partial charge in [0.1, 0.15) is 12.1 Å². The Balaban J connectivity index is 2.38. The molecule has 1 N–H and O–H groups in total. The molecule has 1 atom stereocenters. The van der Waals surface area contributed by atoms with E-state index in [4.69, 9.17) is 4.74 Å². The van der Waals surface area contributed by atoms with Gasteiger partial charge in [-0.15, -0.1) is 11.8 Å². The van der Waals surface area contributed by atoms with E-state index in [1.807, 2.05) is 29.4 Å². The van der Waals surface area contributed by atoms with Crippen LogP contribution in [0.15, 0.2) is 23.1 Å². The molecule has 1 fully saturated rings. The normalized spacial score (nSPS) is 18.1. The van der Waals surface area contributed by atoms with Gasteiger partial charge in [-0.05, 0) is 25.3 Å². The first-order chi connectivity index (χ1) is 10.2. The second-order valence-electron chi connectivity index (χ2n) is 4.63. The number of anilines is 1. The van der Waals surface area contributed by atoms with E-state index in [1.54, 1.807) is 6.92 Å². The van der Waals surface area contributed by atoms with Gasteiger partial charge in [0.05, 0.1) is 17.9 Å². The first-order valence-electron chi connectivity index (χ1n) is 6.94. The molecular weight excluding hydrogens is 286 g/mol. The number of hydrogen-bond donors (Lipinski definition) is 1. The number of thioether (sulfide) groups is 1. The maximum Gasteiger partial charge on any atom is 0.330 e. The first kappa shape index (κ1) is 15.7. The second kappa shape index (κ2) is 7.34. The fourth-order valence-corrected chi connectivity index (χ4v) is 3.05. The number of nitrogens with one attached hydrogen (secondary N) is 1. The summed E-state index contributed by atoms with van der Waals surface area (Å²) in [6.07, 6.45) is 1.94. The molecule has 21 heavy (non-hydrogen) atoms. The monoisotopic (exact) mass is 305 g/mol. The van der Waals surface area contributed by atoms with E-state index in [1.165, 1.54) is 11.8 Å². The van der Waals surface area contributed by atoms with Gasteiger partial charge in [0.25, 0.3) is 0 Å². The average molecular weight is 305 g/mol. The summed E-state index contributed by atoms with van der Waals surface area (Å²) < 4.78 is 5.15. The van der Waals surface area contributed by atoms with Gasteiger partial charge in [0, 0.05) is 24.5 Å². The van der Waals surface area contributed by atoms with E-state index < -0.39 is 0 Å². The van der Waals surface area contributed by atoms with E-state index in [2.05, 4.69) is 11.4 Å². The number of carbonyl (C=O) groups is 1. The zero-order valence-corrected chi connectivity index (χ0v) is 13.1. The number of nitriles is 1. The molecular formula is C15H19N3O2S. The van der Waals surface area contributed by atoms with E-state index in [9.17, 15) is 10.1 Å². The minimum absolute atomic E-state index is 0.247. The highest BCUT2D eigenvalue weighted by Crippen LogP contribution is 2.30. The molecule has 0 radical (unpaired) electrons. The smallest absolute Gasteiger partial charge is 0.330 e. The minimum atomic E-state index is -0.386. The molecule has 0 aliphatic carbocycles. The van der Waals surface area contributed by atoms with Crippen LogP contribution >= 0.6 is 11.8 Å². The molecule has 1 unspecified atom stereocenters. The summed E-state index contributed by atoms with van der Waals surface area (Å²) in [5.41, 5.74) is 1.44. The van der Waals surface area contributed by atoms with E-state index >= 15 is 0 Å². The van der Waals surface area contributed by atoms with Crippen LogP contribution in [0.4, 0.5) is 5.69 Å². The maximum atomic E-state index is 12.1. The van der Waals surface area contributed by atoms with Gasteiger partial charge >= 0.3 is 5.97 Å². The standard InChI is InChI=1S/C15H19N3O2S/c1-3-20-15(19)13-10-17-7-8-18(13)12-5-4-6-14(21-2)11(12)9-16/h4-6,13,17H,3,7-8,10H2,1-2H3. The Kier molecular flexibility index (Phi) is 5.48. The zero-order chi connectivity index (χ0) is 15.2. The van der Waals surface area contributed by atoms with Crippen molar-refractivity contribution in [1.82, 2.24) is 5.32 Å². The van der Waals surface area contributed by atoms with Crippen LogP contribution in [-0.4, -0.2) is 44.5 Å². The van der Waals surface area contributed by atoms with Gasteiger partial charge in [-0.3, -0.25) is 0 Å². The van der Waals surface area contributed by atoms with Crippen molar-refractivity contribution in [3.05, 3.63) is 23.8 Å². The number of hydrogen-bond acceptors (Lipinski definition) is 6. The molecule has 2 rings (SSSR count). The lowest BCUT2D eigenvalue weighted by atomic mass is 10.1. The number of piperazine rings is 1. The molecule has 0 bridgehead atoms. The van der Waals surface area contributed by atoms with Crippen LogP contribution in [0.3, 0.4) is 0 Å². The third-order valence-corrected chi connectivity index (χ3v) is 4.23. The van der Waals surface area contributed by atoms with Crippen molar-refractivity contribution in [1.29, 1.82) is 5.26 Å². The molecule has 112 valence electrons. The molecule has 0 aromatic heterocycles. The van der Waals surface area contributed by atoms with Crippen LogP contribution in [0, 0.1) is 11.3 Å². The summed E-state index contributed by atoms with van der Waals surface area (Å²) in [5.74, 6) is -0.247. The summed E-state index contributed by atoms with van der Waals surface area (Å²) >= 11 is 1.54. The molecule has 1 saturated heterocycles. The number of rotatable bonds is 4. The molecule has 1 aliphatic rings. The Hall–Kier alpha value is -1.71. The molecule has 5 nitrogen and oxygen atoms in total. The van der Waals surface area contributed by atoms with Crippen molar-refractivity contribution in [2.24, 2.45) is 0 Å². The summed E-state index contributed by atoms with van der Waals surface area (Å²) in [6.45, 7) is 4.15. The van der Waals surface area contributed by atoms with Crippen molar-refractivity contribution in [3.8, 4) is 6.07 Å². The number of esters is 1. The summed E-state index contributed by atoms with van der Waals surface area (Å²) in [6, 6.07) is 7.63. The van der Waals surface area contributed by atoms with Crippen LogP contribution in [0.1, 0.15) is 12.5 Å². The fraction of sp³-hybridized carbons (Fsp3) is 0.467. The van der Waals surface area contributed by atoms with Gasteiger partial charge in [0.15, 0.2) is 0 Å². The van der Waals surface area contributed by atoms with Crippen LogP contribution < -0.4 is 10.2 Å². The van der Waals surface area contributed by atoms with Crippen LogP contribution in [0.25, 0.3) is 0 Å². The Morgan fingerprint density at radius 1 is 1.62 bits per heavy atom. The van der Waals surface area contributed by atoms with Crippen LogP contribution in [0.2, 0.25) is 0 Å². The highest BCUT2D eigenvalue weighted by Gasteiger charge is 2.31. The average Bonchev–Trinajstić information content (AvgIpc) is 2.54. The van der Waals surface area contributed by atoms with Crippen molar-refractivity contribution in [3.63, 3.8) is 0 Å². The molecule has 0 spiro atoms. The van der Waals surface area contributed by atoms with Gasteiger partial charge in [-0.2, -0.15) is 5.26 Å². The lowest BCUT2D eigenvalue weighted by Gasteiger charge is -2.36. The summed E-state index contributed by atoms with van der Waals surface area (Å²) in [7, 11) is 0. The number of carbonyl (C=O) groups excluding carboxylic acids is 1. The Morgan fingerprint density at radius 2 is 2.43 bits per heavy atom. The third-order valence-electron chi connectivity index (χ3n) is 3.45. The lowest BCUT2D eigenvalue weighted by molar-refractivity contribution is -0.144. The molecule has 1 aromatic carbocycles. The van der Waals surface area contributed by atoms with Crippen molar-refractivity contribution in [2.45, 2.75) is 17.9 Å². The molecule has 1 aromatic rings. The predicted octanol–water partition coefficient (Wildman–Crippen LogP) is 1.62. The first-order valence-corrected chi connectivity index (χ1v) is 8.16. The molecule has 1 aliphatic heterocycles. The molecule has 1 heterocycles. The zero-order valence-electron chi connectivity index (χ0n) is 12.3. The summed E-state index contributed by atoms with van der Waals surface area (Å²) in [4.78, 5) is 15.0. The number of nitrogens with zero attached hydrogens (tertiary/aromatic N) is 2. The largest absolute Gasteiger partial charge is 0.464 e. The van der Waals surface area contributed by atoms with Crippen molar-refractivity contribution in [2.75, 3.05) is 37.4 Å². The molecule has 6 heteroatoms. The Morgan fingerprint density at radius 3 is 3.10 bits per heavy atom. The fourth-order valence-electron chi connectivity index (χ4n) is 2.48. The second-order valence-corrected chi connectivity index (χ2v) is 5.48. The quantitative estimate of drug-likeness (QED) is 0.673. The minimum Gasteiger partial charge on any atom is -0.464 e. The molecule has 0 amide bonds. The Labute approximate surface area is 129 Å².